The average molecular weight is 341 g/mol. The van der Waals surface area contributed by atoms with Gasteiger partial charge in [0.1, 0.15) is 11.2 Å². The van der Waals surface area contributed by atoms with Gasteiger partial charge in [0.25, 0.3) is 11.5 Å². The van der Waals surface area contributed by atoms with E-state index in [1.54, 1.807) is 24.4 Å². The highest BCUT2D eigenvalue weighted by molar-refractivity contribution is 6.06. The van der Waals surface area contributed by atoms with E-state index in [1.807, 2.05) is 54.6 Å². The van der Waals surface area contributed by atoms with E-state index in [2.05, 4.69) is 10.3 Å². The molecule has 0 saturated heterocycles. The van der Waals surface area contributed by atoms with E-state index in [-0.39, 0.29) is 5.56 Å². The summed E-state index contributed by atoms with van der Waals surface area (Å²) in [6.45, 7) is 0. The summed E-state index contributed by atoms with van der Waals surface area (Å²) in [5.41, 5.74) is 2.61. The van der Waals surface area contributed by atoms with Gasteiger partial charge >= 0.3 is 0 Å². The van der Waals surface area contributed by atoms with Gasteiger partial charge < -0.3 is 5.32 Å². The van der Waals surface area contributed by atoms with Crippen LogP contribution >= 0.6 is 0 Å². The minimum absolute atomic E-state index is 0.00318. The van der Waals surface area contributed by atoms with E-state index in [9.17, 15) is 9.59 Å². The Labute approximate surface area is 149 Å². The molecule has 1 N–H and O–H groups in total. The molecular weight excluding hydrogens is 326 g/mol. The van der Waals surface area contributed by atoms with Crippen LogP contribution in [0.3, 0.4) is 0 Å². The van der Waals surface area contributed by atoms with Crippen LogP contribution in [0.15, 0.2) is 90.0 Å². The number of carbonyl (C=O) groups excluding carboxylic acids is 1. The quantitative estimate of drug-likeness (QED) is 0.619. The molecule has 0 aliphatic rings. The Bertz CT molecular complexity index is 1150. The smallest absolute Gasteiger partial charge is 0.270 e. The molecule has 4 aromatic rings. The Hall–Kier alpha value is -3.73. The molecule has 0 bridgehead atoms. The number of nitrogens with zero attached hydrogens (tertiary/aromatic N) is 2. The van der Waals surface area contributed by atoms with Crippen LogP contribution in [0.4, 0.5) is 5.69 Å². The maximum atomic E-state index is 12.7. The first-order chi connectivity index (χ1) is 12.7. The summed E-state index contributed by atoms with van der Waals surface area (Å²) in [5, 5.41) is 2.84. The minimum Gasteiger partial charge on any atom is -0.321 e. The molecule has 5 nitrogen and oxygen atoms in total. The lowest BCUT2D eigenvalue weighted by Crippen LogP contribution is -2.26. The minimum atomic E-state index is -0.482. The molecule has 0 spiro atoms. The number of benzene rings is 2. The van der Waals surface area contributed by atoms with Crippen molar-refractivity contribution in [2.24, 2.45) is 0 Å². The fourth-order valence-electron chi connectivity index (χ4n) is 2.83. The summed E-state index contributed by atoms with van der Waals surface area (Å²) < 4.78 is 1.36. The van der Waals surface area contributed by atoms with Crippen LogP contribution in [-0.2, 0) is 0 Å². The highest BCUT2D eigenvalue weighted by atomic mass is 16.2. The molecule has 0 aliphatic heterocycles. The number of anilines is 1. The summed E-state index contributed by atoms with van der Waals surface area (Å²) in [6.07, 6.45) is 2.91. The average Bonchev–Trinajstić information content (AvgIpc) is 2.69. The van der Waals surface area contributed by atoms with E-state index in [0.717, 1.165) is 11.1 Å². The third kappa shape index (κ3) is 2.86. The van der Waals surface area contributed by atoms with Crippen molar-refractivity contribution in [3.05, 3.63) is 101 Å². The second kappa shape index (κ2) is 6.64. The molecule has 1 amide bonds. The number of hydrogen-bond donors (Lipinski definition) is 1. The molecule has 0 aliphatic carbocycles. The molecule has 0 fully saturated rings. The third-order valence-corrected chi connectivity index (χ3v) is 4.12. The van der Waals surface area contributed by atoms with Crippen LogP contribution in [0, 0.1) is 0 Å². The molecule has 2 heterocycles. The largest absolute Gasteiger partial charge is 0.321 e. The Morgan fingerprint density at radius 2 is 1.62 bits per heavy atom. The van der Waals surface area contributed by atoms with E-state index in [0.29, 0.717) is 11.3 Å². The van der Waals surface area contributed by atoms with Gasteiger partial charge in [0.15, 0.2) is 0 Å². The molecule has 0 unspecified atom stereocenters. The zero-order chi connectivity index (χ0) is 17.9. The first-order valence-corrected chi connectivity index (χ1v) is 8.16. The Morgan fingerprint density at radius 1 is 0.885 bits per heavy atom. The zero-order valence-corrected chi connectivity index (χ0v) is 13.8. The van der Waals surface area contributed by atoms with E-state index < -0.39 is 11.5 Å². The number of hydrogen-bond acceptors (Lipinski definition) is 3. The van der Waals surface area contributed by atoms with Gasteiger partial charge in [0.05, 0.1) is 0 Å². The van der Waals surface area contributed by atoms with Gasteiger partial charge in [0, 0.05) is 23.6 Å². The van der Waals surface area contributed by atoms with Gasteiger partial charge in [-0.3, -0.25) is 14.0 Å². The Kier molecular flexibility index (Phi) is 4.03. The van der Waals surface area contributed by atoms with Gasteiger partial charge in [0.2, 0.25) is 0 Å². The predicted molar refractivity (Wildman–Crippen MR) is 101 cm³/mol. The van der Waals surface area contributed by atoms with Crippen molar-refractivity contribution >= 4 is 17.2 Å². The lowest BCUT2D eigenvalue weighted by Gasteiger charge is -2.11. The molecular formula is C21H15N3O2. The van der Waals surface area contributed by atoms with Gasteiger partial charge in [-0.05, 0) is 23.8 Å². The topological polar surface area (TPSA) is 63.5 Å². The predicted octanol–water partition coefficient (Wildman–Crippen LogP) is 3.61. The zero-order valence-electron chi connectivity index (χ0n) is 13.8. The molecule has 0 radical (unpaired) electrons. The first-order valence-electron chi connectivity index (χ1n) is 8.16. The van der Waals surface area contributed by atoms with Crippen LogP contribution in [0.5, 0.6) is 0 Å². The van der Waals surface area contributed by atoms with Crippen molar-refractivity contribution in [1.29, 1.82) is 0 Å². The number of amides is 1. The lowest BCUT2D eigenvalue weighted by atomic mass is 10.0. The number of pyridine rings is 1. The summed E-state index contributed by atoms with van der Waals surface area (Å²) >= 11 is 0. The van der Waals surface area contributed by atoms with Crippen molar-refractivity contribution in [3.8, 4) is 11.1 Å². The maximum Gasteiger partial charge on any atom is 0.270 e. The number of nitrogens with one attached hydrogen (secondary N) is 1. The standard InChI is InChI=1S/C21H15N3O2/c25-20(17-14-22-19-12-6-7-13-24(19)21(17)26)23-18-11-5-4-10-16(18)15-8-2-1-3-9-15/h1-14H,(H,23,25). The monoisotopic (exact) mass is 341 g/mol. The fraction of sp³-hybridized carbons (Fsp3) is 0. The van der Waals surface area contributed by atoms with E-state index >= 15 is 0 Å². The normalized spacial score (nSPS) is 10.6. The summed E-state index contributed by atoms with van der Waals surface area (Å²) in [7, 11) is 0. The second-order valence-electron chi connectivity index (χ2n) is 5.77. The maximum absolute atomic E-state index is 12.7. The summed E-state index contributed by atoms with van der Waals surface area (Å²) in [5.74, 6) is -0.482. The van der Waals surface area contributed by atoms with Crippen LogP contribution in [0.25, 0.3) is 16.8 Å². The van der Waals surface area contributed by atoms with Crippen molar-refractivity contribution < 1.29 is 4.79 Å². The molecule has 5 heteroatoms. The van der Waals surface area contributed by atoms with Gasteiger partial charge in [-0.25, -0.2) is 4.98 Å². The molecule has 0 atom stereocenters. The number of para-hydroxylation sites is 1. The molecule has 2 aromatic heterocycles. The highest BCUT2D eigenvalue weighted by Gasteiger charge is 2.15. The van der Waals surface area contributed by atoms with Gasteiger partial charge in [-0.1, -0.05) is 54.6 Å². The SMILES string of the molecule is O=C(Nc1ccccc1-c1ccccc1)c1cnc2ccccn2c1=O. The molecule has 0 saturated carbocycles. The van der Waals surface area contributed by atoms with Crippen molar-refractivity contribution in [2.45, 2.75) is 0 Å². The second-order valence-corrected chi connectivity index (χ2v) is 5.77. The van der Waals surface area contributed by atoms with Crippen LogP contribution in [0.2, 0.25) is 0 Å². The Morgan fingerprint density at radius 3 is 2.46 bits per heavy atom. The van der Waals surface area contributed by atoms with Crippen molar-refractivity contribution in [3.63, 3.8) is 0 Å². The first kappa shape index (κ1) is 15.8. The van der Waals surface area contributed by atoms with Crippen LogP contribution in [-0.4, -0.2) is 15.3 Å². The van der Waals surface area contributed by atoms with Crippen molar-refractivity contribution in [2.75, 3.05) is 5.32 Å². The van der Waals surface area contributed by atoms with Gasteiger partial charge in [-0.15, -0.1) is 0 Å². The molecule has 4 rings (SSSR count). The molecule has 2 aromatic carbocycles. The highest BCUT2D eigenvalue weighted by Crippen LogP contribution is 2.27. The van der Waals surface area contributed by atoms with Crippen molar-refractivity contribution in [1.82, 2.24) is 9.38 Å². The van der Waals surface area contributed by atoms with Crippen LogP contribution < -0.4 is 10.9 Å². The van der Waals surface area contributed by atoms with Gasteiger partial charge in [-0.2, -0.15) is 0 Å². The van der Waals surface area contributed by atoms with E-state index in [4.69, 9.17) is 0 Å². The third-order valence-electron chi connectivity index (χ3n) is 4.12. The van der Waals surface area contributed by atoms with Crippen LogP contribution in [0.1, 0.15) is 10.4 Å². The number of aromatic nitrogens is 2. The fourth-order valence-corrected chi connectivity index (χ4v) is 2.83. The number of rotatable bonds is 3. The summed E-state index contributed by atoms with van der Waals surface area (Å²) in [4.78, 5) is 29.5. The number of fused-ring (bicyclic) bond motifs is 1. The number of carbonyl (C=O) groups is 1. The van der Waals surface area contributed by atoms with E-state index in [1.165, 1.54) is 10.6 Å². The lowest BCUT2D eigenvalue weighted by molar-refractivity contribution is 0.102. The molecule has 126 valence electrons. The Balaban J connectivity index is 1.72. The summed E-state index contributed by atoms with van der Waals surface area (Å²) in [6, 6.07) is 22.5. The molecule has 26 heavy (non-hydrogen) atoms.